The van der Waals surface area contributed by atoms with E-state index >= 15 is 0 Å². The molecule has 1 aromatic rings. The zero-order valence-corrected chi connectivity index (χ0v) is 30.3. The number of fused-ring (bicyclic) bond motifs is 2. The van der Waals surface area contributed by atoms with Crippen LogP contribution in [0, 0.1) is 17.8 Å². The molecule has 12 nitrogen and oxygen atoms in total. The Labute approximate surface area is 296 Å². The van der Waals surface area contributed by atoms with Crippen molar-refractivity contribution in [1.82, 2.24) is 25.3 Å². The minimum Gasteiger partial charge on any atom is -0.493 e. The smallest absolute Gasteiger partial charge is 0.407 e. The van der Waals surface area contributed by atoms with Crippen LogP contribution in [0.4, 0.5) is 4.79 Å². The van der Waals surface area contributed by atoms with E-state index < -0.39 is 29.6 Å². The zero-order chi connectivity index (χ0) is 35.6. The van der Waals surface area contributed by atoms with E-state index in [-0.39, 0.29) is 48.4 Å². The summed E-state index contributed by atoms with van der Waals surface area (Å²) in [6.07, 6.45) is 7.50. The predicted octanol–water partition coefficient (Wildman–Crippen LogP) is 4.19. The van der Waals surface area contributed by atoms with Gasteiger partial charge in [-0.25, -0.2) is 4.79 Å². The van der Waals surface area contributed by atoms with Crippen molar-refractivity contribution in [3.05, 3.63) is 29.8 Å². The third-order valence-corrected chi connectivity index (χ3v) is 11.4. The summed E-state index contributed by atoms with van der Waals surface area (Å²) in [5.74, 6) is -0.0981. The van der Waals surface area contributed by atoms with Crippen molar-refractivity contribution in [3.63, 3.8) is 0 Å². The van der Waals surface area contributed by atoms with Crippen molar-refractivity contribution in [3.8, 4) is 5.75 Å². The first-order valence-electron chi connectivity index (χ1n) is 18.9. The van der Waals surface area contributed by atoms with Crippen LogP contribution in [0.2, 0.25) is 0 Å². The molecular formula is C38H57N5O7. The maximum absolute atomic E-state index is 14.9. The summed E-state index contributed by atoms with van der Waals surface area (Å²) in [6, 6.07) is 6.04. The molecule has 3 N–H and O–H groups in total. The Bertz CT molecular complexity index is 1390. The minimum absolute atomic E-state index is 0.0108. The molecule has 2 aliphatic carbocycles. The van der Waals surface area contributed by atoms with Crippen LogP contribution < -0.4 is 15.4 Å². The fourth-order valence-electron chi connectivity index (χ4n) is 8.25. The largest absolute Gasteiger partial charge is 0.493 e. The average molecular weight is 696 g/mol. The lowest BCUT2D eigenvalue weighted by Crippen LogP contribution is -2.66. The van der Waals surface area contributed by atoms with Crippen LogP contribution in [0.5, 0.6) is 5.75 Å². The molecule has 276 valence electrons. The summed E-state index contributed by atoms with van der Waals surface area (Å²) in [5, 5.41) is 16.2. The molecule has 0 bridgehead atoms. The third kappa shape index (κ3) is 8.55. The number of nitrogens with zero attached hydrogens (tertiary/aromatic N) is 3. The summed E-state index contributed by atoms with van der Waals surface area (Å²) < 4.78 is 12.2. The number of piperazine rings is 1. The maximum Gasteiger partial charge on any atom is 0.407 e. The van der Waals surface area contributed by atoms with Gasteiger partial charge in [0.25, 0.3) is 0 Å². The lowest BCUT2D eigenvalue weighted by molar-refractivity contribution is -0.150. The Balaban J connectivity index is 1.23. The number of amides is 4. The molecule has 0 radical (unpaired) electrons. The summed E-state index contributed by atoms with van der Waals surface area (Å²) in [4.78, 5) is 60.4. The van der Waals surface area contributed by atoms with Crippen LogP contribution in [0.1, 0.15) is 97.1 Å². The highest BCUT2D eigenvalue weighted by molar-refractivity contribution is 5.93. The second-order valence-corrected chi connectivity index (χ2v) is 16.3. The van der Waals surface area contributed by atoms with Gasteiger partial charge in [-0.3, -0.25) is 19.3 Å². The van der Waals surface area contributed by atoms with Gasteiger partial charge in [0.1, 0.15) is 17.8 Å². The number of carbonyl (C=O) groups is 4. The number of rotatable bonds is 11. The first kappa shape index (κ1) is 36.4. The SMILES string of the molecule is C[C@@H](CN(C(=O)O)C(C)(C)C)C(=O)N[C@H](C(=O)N1C[C@H]2C[C@@H](OCC3CC3)CN2C[C@H]1C(=O)N[C@@H]1CCOc2ccccc21)C1CCCCC1. The van der Waals surface area contributed by atoms with Gasteiger partial charge in [-0.1, -0.05) is 44.4 Å². The average Bonchev–Trinajstić information content (AvgIpc) is 3.84. The molecule has 6 atom stereocenters. The molecule has 0 spiro atoms. The zero-order valence-electron chi connectivity index (χ0n) is 30.3. The highest BCUT2D eigenvalue weighted by atomic mass is 16.5. The lowest BCUT2D eigenvalue weighted by Gasteiger charge is -2.45. The topological polar surface area (TPSA) is 141 Å². The van der Waals surface area contributed by atoms with Gasteiger partial charge in [-0.2, -0.15) is 0 Å². The van der Waals surface area contributed by atoms with E-state index in [1.54, 1.807) is 32.6 Å². The molecule has 2 saturated carbocycles. The number of para-hydroxylation sites is 1. The Morgan fingerprint density at radius 3 is 2.46 bits per heavy atom. The van der Waals surface area contributed by atoms with Crippen molar-refractivity contribution < 1.29 is 33.8 Å². The van der Waals surface area contributed by atoms with Crippen molar-refractivity contribution >= 4 is 23.8 Å². The van der Waals surface area contributed by atoms with E-state index in [0.29, 0.717) is 32.0 Å². The maximum atomic E-state index is 14.9. The predicted molar refractivity (Wildman–Crippen MR) is 188 cm³/mol. The van der Waals surface area contributed by atoms with Crippen molar-refractivity contribution in [2.45, 2.75) is 121 Å². The van der Waals surface area contributed by atoms with Gasteiger partial charge in [0.05, 0.1) is 24.7 Å². The number of ether oxygens (including phenoxy) is 2. The highest BCUT2D eigenvalue weighted by Gasteiger charge is 2.48. The summed E-state index contributed by atoms with van der Waals surface area (Å²) >= 11 is 0. The second-order valence-electron chi connectivity index (χ2n) is 16.3. The highest BCUT2D eigenvalue weighted by Crippen LogP contribution is 2.35. The van der Waals surface area contributed by atoms with Crippen molar-refractivity contribution in [2.75, 3.05) is 39.4 Å². The van der Waals surface area contributed by atoms with E-state index in [9.17, 15) is 24.3 Å². The molecule has 0 aromatic heterocycles. The van der Waals surface area contributed by atoms with Crippen LogP contribution in [0.3, 0.4) is 0 Å². The number of hydrogen-bond donors (Lipinski definition) is 3. The molecule has 50 heavy (non-hydrogen) atoms. The molecule has 0 unspecified atom stereocenters. The van der Waals surface area contributed by atoms with Crippen LogP contribution in [0.15, 0.2) is 24.3 Å². The van der Waals surface area contributed by atoms with E-state index in [1.165, 1.54) is 17.7 Å². The van der Waals surface area contributed by atoms with Gasteiger partial charge in [0, 0.05) is 56.4 Å². The third-order valence-electron chi connectivity index (χ3n) is 11.4. The second kappa shape index (κ2) is 15.5. The van der Waals surface area contributed by atoms with E-state index in [1.807, 2.05) is 24.3 Å². The Morgan fingerprint density at radius 1 is 1.02 bits per heavy atom. The van der Waals surface area contributed by atoms with Gasteiger partial charge in [0.2, 0.25) is 17.7 Å². The van der Waals surface area contributed by atoms with Gasteiger partial charge >= 0.3 is 6.09 Å². The molecule has 2 saturated heterocycles. The first-order valence-corrected chi connectivity index (χ1v) is 18.9. The van der Waals surface area contributed by atoms with Crippen molar-refractivity contribution in [2.24, 2.45) is 17.8 Å². The van der Waals surface area contributed by atoms with Crippen LogP contribution in [-0.4, -0.2) is 113 Å². The standard InChI is InChI=1S/C38H57N5O7/c1-24(19-43(37(47)48)38(2,3)4)34(44)40-33(26-10-6-5-7-11-26)36(46)42-20-27-18-28(50-23-25-14-15-25)21-41(27)22-31(42)35(45)39-30-16-17-49-32-13-9-8-12-29(30)32/h8-9,12-13,24-28,30-31,33H,5-7,10-11,14-23H2,1-4H3,(H,39,45)(H,40,44)(H,47,48)/t24-,27+,28+,30+,31-,33-/m0/s1. The lowest BCUT2D eigenvalue weighted by atomic mass is 9.82. The van der Waals surface area contributed by atoms with Gasteiger partial charge in [-0.15, -0.1) is 0 Å². The van der Waals surface area contributed by atoms with Crippen LogP contribution in [-0.2, 0) is 19.1 Å². The van der Waals surface area contributed by atoms with E-state index in [0.717, 1.165) is 63.0 Å². The molecule has 12 heteroatoms. The number of benzene rings is 1. The Hall–Kier alpha value is -3.38. The van der Waals surface area contributed by atoms with Gasteiger partial charge in [-0.05, 0) is 70.8 Å². The fourth-order valence-corrected chi connectivity index (χ4v) is 8.25. The Morgan fingerprint density at radius 2 is 1.76 bits per heavy atom. The Kier molecular flexibility index (Phi) is 11.3. The molecule has 1 aromatic carbocycles. The molecule has 3 heterocycles. The van der Waals surface area contributed by atoms with Crippen LogP contribution in [0.25, 0.3) is 0 Å². The van der Waals surface area contributed by atoms with Gasteiger partial charge < -0.3 is 35.0 Å². The molecular weight excluding hydrogens is 638 g/mol. The monoisotopic (exact) mass is 695 g/mol. The molecule has 6 rings (SSSR count). The van der Waals surface area contributed by atoms with Crippen LogP contribution >= 0.6 is 0 Å². The molecule has 4 amide bonds. The number of carbonyl (C=O) groups excluding carboxylic acids is 3. The van der Waals surface area contributed by atoms with Crippen molar-refractivity contribution in [1.29, 1.82) is 0 Å². The quantitative estimate of drug-likeness (QED) is 0.313. The van der Waals surface area contributed by atoms with E-state index in [4.69, 9.17) is 9.47 Å². The normalized spacial score (nSPS) is 26.9. The number of carboxylic acid groups (broad SMARTS) is 1. The summed E-state index contributed by atoms with van der Waals surface area (Å²) in [5.41, 5.74) is 0.242. The van der Waals surface area contributed by atoms with Gasteiger partial charge in [0.15, 0.2) is 0 Å². The minimum atomic E-state index is -1.09. The number of hydrogen-bond acceptors (Lipinski definition) is 7. The molecule has 3 aliphatic heterocycles. The molecule has 4 fully saturated rings. The van der Waals surface area contributed by atoms with E-state index in [2.05, 4.69) is 15.5 Å². The number of nitrogens with one attached hydrogen (secondary N) is 2. The summed E-state index contributed by atoms with van der Waals surface area (Å²) in [6.45, 7) is 9.90. The first-order chi connectivity index (χ1) is 23.9. The molecule has 5 aliphatic rings. The summed E-state index contributed by atoms with van der Waals surface area (Å²) in [7, 11) is 0. The fraction of sp³-hybridized carbons (Fsp3) is 0.737.